The van der Waals surface area contributed by atoms with E-state index in [4.69, 9.17) is 94.9 Å². The van der Waals surface area contributed by atoms with Crippen molar-refractivity contribution >= 4 is 135 Å². The van der Waals surface area contributed by atoms with E-state index in [1.54, 1.807) is 6.07 Å². The number of carbonyl (C=O) groups excluding carboxylic acids is 3. The molecular weight excluding hydrogens is 932 g/mol. The van der Waals surface area contributed by atoms with Gasteiger partial charge in [-0.2, -0.15) is 0 Å². The average Bonchev–Trinajstić information content (AvgIpc) is 3.61. The minimum absolute atomic E-state index is 0.00231. The van der Waals surface area contributed by atoms with Crippen molar-refractivity contribution in [1.29, 1.82) is 0 Å². The molecule has 4 aromatic heterocycles. The van der Waals surface area contributed by atoms with Crippen molar-refractivity contribution in [1.82, 2.24) is 24.8 Å². The topological polar surface area (TPSA) is 178 Å². The maximum atomic E-state index is 11.3. The van der Waals surface area contributed by atoms with Crippen LogP contribution in [-0.2, 0) is 14.0 Å². The molecule has 13 nitrogen and oxygen atoms in total. The second-order valence-corrected chi connectivity index (χ2v) is 14.7. The molecule has 0 aliphatic carbocycles. The van der Waals surface area contributed by atoms with Crippen LogP contribution >= 0.6 is 103 Å². The number of Topliss-reactive ketones (excluding diaryl/α,β-unsaturated/α-hetero) is 2. The van der Waals surface area contributed by atoms with Gasteiger partial charge in [-0.15, -0.1) is 0 Å². The molecule has 300 valence electrons. The van der Waals surface area contributed by atoms with E-state index in [0.717, 1.165) is 6.20 Å². The van der Waals surface area contributed by atoms with E-state index in [1.807, 2.05) is 0 Å². The number of carboxylic acids is 1. The molecule has 55 heavy (non-hydrogen) atoms. The van der Waals surface area contributed by atoms with Gasteiger partial charge in [-0.3, -0.25) is 14.4 Å². The maximum Gasteiger partial charge on any atom is 0.337 e. The number of ketones is 2. The summed E-state index contributed by atoms with van der Waals surface area (Å²) in [6, 6.07) is 4.19. The Kier molecular flexibility index (Phi) is 30.2. The highest BCUT2D eigenvalue weighted by molar-refractivity contribution is 8.26. The second kappa shape index (κ2) is 30.5. The molecular formula is C32H32Cl9N6O7S+. The van der Waals surface area contributed by atoms with E-state index in [2.05, 4.69) is 78.4 Å². The minimum atomic E-state index is -1.67. The second-order valence-electron chi connectivity index (χ2n) is 9.50. The lowest BCUT2D eigenvalue weighted by Crippen LogP contribution is -2.21. The summed E-state index contributed by atoms with van der Waals surface area (Å²) in [6.45, 7) is 17.7. The molecule has 4 heterocycles. The molecule has 0 unspecified atom stereocenters. The van der Waals surface area contributed by atoms with Gasteiger partial charge in [0.25, 0.3) is 11.8 Å². The fourth-order valence-corrected chi connectivity index (χ4v) is 4.03. The normalized spacial score (nSPS) is 9.58. The number of pyridine rings is 3. The van der Waals surface area contributed by atoms with Gasteiger partial charge in [0, 0.05) is 59.4 Å². The van der Waals surface area contributed by atoms with Crippen molar-refractivity contribution in [3.63, 3.8) is 0 Å². The predicted molar refractivity (Wildman–Crippen MR) is 223 cm³/mol. The standard InChI is InChI=1S/C10H6Cl2N2O2.C6H2Cl3NO.C6H3Cl2NO2.C6H15N.C4H6NO.Cl2OS/c1-5(15)8-9(16-4-14-8)6-2-7(11)10(12)13-3-6;7-4-1-3(6(9)11)2-10-5(4)8;7-4-1-3(6(10)11)2-9-5(4)8;1-4-7(5-2)6-3;1-4(6)3-5-2;1-4(2)3/h2-4H,1H3;1-2H;1-2H,(H,10,11);4-6H2,1-3H3;2H,3H2,1H3;/q;;;;+1;. The molecule has 0 atom stereocenters. The first kappa shape index (κ1) is 54.5. The Labute approximate surface area is 363 Å². The summed E-state index contributed by atoms with van der Waals surface area (Å²) in [4.78, 5) is 62.3. The maximum absolute atomic E-state index is 11.3. The van der Waals surface area contributed by atoms with Gasteiger partial charge in [-0.1, -0.05) is 95.2 Å². The largest absolute Gasteiger partial charge is 0.478 e. The highest BCUT2D eigenvalue weighted by Gasteiger charge is 2.16. The van der Waals surface area contributed by atoms with Gasteiger partial charge in [-0.25, -0.2) is 28.9 Å². The van der Waals surface area contributed by atoms with Crippen LogP contribution in [0.4, 0.5) is 0 Å². The summed E-state index contributed by atoms with van der Waals surface area (Å²) < 4.78 is 14.2. The zero-order chi connectivity index (χ0) is 42.8. The van der Waals surface area contributed by atoms with Crippen molar-refractivity contribution in [3.8, 4) is 17.9 Å². The summed E-state index contributed by atoms with van der Waals surface area (Å²) in [6.07, 6.45) is 5.09. The molecule has 0 saturated carbocycles. The van der Waals surface area contributed by atoms with Crippen molar-refractivity contribution in [2.45, 2.75) is 34.6 Å². The van der Waals surface area contributed by atoms with E-state index in [9.17, 15) is 19.2 Å². The van der Waals surface area contributed by atoms with Gasteiger partial charge in [-0.05, 0) is 49.4 Å². The average molecular weight is 964 g/mol. The fourth-order valence-electron chi connectivity index (χ4n) is 3.11. The SMILES string of the molecule is C#[N+]CC(C)=O.CC(=O)c1ncoc1-c1cnc(Cl)c(Cl)c1.CCN(CC)CC.O=C(Cl)c1cnc(Cl)c(Cl)c1.O=C(O)c1cnc(Cl)c(Cl)c1.O=S(Cl)Cl. The first-order valence-corrected chi connectivity index (χ1v) is 20.2. The molecule has 0 fully saturated rings. The number of nitrogens with zero attached hydrogens (tertiary/aromatic N) is 6. The molecule has 0 amide bonds. The number of halogens is 9. The minimum Gasteiger partial charge on any atom is -0.478 e. The zero-order valence-corrected chi connectivity index (χ0v) is 37.0. The molecule has 23 heteroatoms. The summed E-state index contributed by atoms with van der Waals surface area (Å²) in [5.41, 5.74) is 1.08. The monoisotopic (exact) mass is 959 g/mol. The van der Waals surface area contributed by atoms with Crippen molar-refractivity contribution in [2.75, 3.05) is 26.2 Å². The van der Waals surface area contributed by atoms with Crippen LogP contribution in [-0.4, -0.2) is 83.1 Å². The van der Waals surface area contributed by atoms with Crippen LogP contribution in [0.1, 0.15) is 65.8 Å². The van der Waals surface area contributed by atoms with Gasteiger partial charge < -0.3 is 14.4 Å². The van der Waals surface area contributed by atoms with Crippen LogP contribution in [0.25, 0.3) is 16.2 Å². The number of hydrogen-bond acceptors (Lipinski definition) is 11. The number of carboxylic acid groups (broad SMARTS) is 1. The summed E-state index contributed by atoms with van der Waals surface area (Å²) >= 11 is 38.6. The molecule has 4 aromatic rings. The molecule has 0 aliphatic rings. The molecule has 0 bridgehead atoms. The number of carbonyl (C=O) groups is 4. The molecule has 4 rings (SSSR count). The summed E-state index contributed by atoms with van der Waals surface area (Å²) in [7, 11) is 7.36. The highest BCUT2D eigenvalue weighted by atomic mass is 36.0. The lowest BCUT2D eigenvalue weighted by atomic mass is 10.1. The van der Waals surface area contributed by atoms with Crippen LogP contribution in [0.3, 0.4) is 0 Å². The van der Waals surface area contributed by atoms with Gasteiger partial charge in [0.2, 0.25) is 15.0 Å². The fraction of sp³-hybridized carbons (Fsp3) is 0.281. The lowest BCUT2D eigenvalue weighted by molar-refractivity contribution is -0.115. The Balaban J connectivity index is 0. The third-order valence-corrected chi connectivity index (χ3v) is 7.96. The third-order valence-electron chi connectivity index (χ3n) is 5.68. The Hall–Kier alpha value is -2.65. The third kappa shape index (κ3) is 24.6. The molecule has 0 aromatic carbocycles. The Morgan fingerprint density at radius 1 is 0.782 bits per heavy atom. The van der Waals surface area contributed by atoms with Crippen molar-refractivity contribution < 1.29 is 32.9 Å². The van der Waals surface area contributed by atoms with Crippen LogP contribution < -0.4 is 0 Å². The van der Waals surface area contributed by atoms with Gasteiger partial charge >= 0.3 is 12.5 Å². The van der Waals surface area contributed by atoms with Crippen molar-refractivity contribution in [3.05, 3.63) is 95.4 Å². The molecule has 0 radical (unpaired) electrons. The highest BCUT2D eigenvalue weighted by Crippen LogP contribution is 2.28. The van der Waals surface area contributed by atoms with Crippen molar-refractivity contribution in [2.24, 2.45) is 0 Å². The predicted octanol–water partition coefficient (Wildman–Crippen LogP) is 11.0. The number of aromatic nitrogens is 4. The van der Waals surface area contributed by atoms with E-state index in [0.29, 0.717) is 16.3 Å². The molecule has 0 spiro atoms. The molecule has 0 aliphatic heterocycles. The Bertz CT molecular complexity index is 1860. The van der Waals surface area contributed by atoms with E-state index in [1.165, 1.54) is 64.4 Å². The summed E-state index contributed by atoms with van der Waals surface area (Å²) in [5, 5.41) is 8.99. The first-order valence-electron chi connectivity index (χ1n) is 14.8. The Morgan fingerprint density at radius 2 is 1.20 bits per heavy atom. The summed E-state index contributed by atoms with van der Waals surface area (Å²) in [5.74, 6) is -0.915. The smallest absolute Gasteiger partial charge is 0.337 e. The number of hydrogen-bond donors (Lipinski definition) is 1. The van der Waals surface area contributed by atoms with Gasteiger partial charge in [0.05, 0.1) is 26.2 Å². The van der Waals surface area contributed by atoms with Crippen LogP contribution in [0.15, 0.2) is 47.6 Å². The van der Waals surface area contributed by atoms with E-state index >= 15 is 0 Å². The van der Waals surface area contributed by atoms with E-state index in [-0.39, 0.29) is 60.4 Å². The van der Waals surface area contributed by atoms with E-state index < -0.39 is 20.4 Å². The quantitative estimate of drug-likeness (QED) is 0.101. The van der Waals surface area contributed by atoms with Crippen LogP contribution in [0, 0.1) is 6.57 Å². The molecule has 0 saturated heterocycles. The molecule has 1 N–H and O–H groups in total. The van der Waals surface area contributed by atoms with Gasteiger partial charge in [0.15, 0.2) is 23.6 Å². The zero-order valence-electron chi connectivity index (χ0n) is 29.3. The van der Waals surface area contributed by atoms with Crippen LogP contribution in [0.2, 0.25) is 30.5 Å². The van der Waals surface area contributed by atoms with Crippen LogP contribution in [0.5, 0.6) is 0 Å². The number of rotatable bonds is 8. The Morgan fingerprint density at radius 3 is 1.51 bits per heavy atom. The number of oxazole rings is 1. The number of aromatic carboxylic acids is 1. The lowest BCUT2D eigenvalue weighted by Gasteiger charge is -2.13. The van der Waals surface area contributed by atoms with Gasteiger partial charge in [0.1, 0.15) is 15.5 Å². The first-order chi connectivity index (χ1) is 25.7.